The lowest BCUT2D eigenvalue weighted by atomic mass is 9.80. The summed E-state index contributed by atoms with van der Waals surface area (Å²) in [5.74, 6) is 1.38. The molecule has 7 heteroatoms. The van der Waals surface area contributed by atoms with Crippen LogP contribution in [-0.4, -0.2) is 34.8 Å². The van der Waals surface area contributed by atoms with Crippen molar-refractivity contribution in [3.63, 3.8) is 0 Å². The van der Waals surface area contributed by atoms with Crippen molar-refractivity contribution in [3.8, 4) is 22.6 Å². The zero-order valence-corrected chi connectivity index (χ0v) is 18.5. The van der Waals surface area contributed by atoms with Gasteiger partial charge in [0, 0.05) is 29.1 Å². The fourth-order valence-corrected chi connectivity index (χ4v) is 4.81. The molecule has 0 saturated carbocycles. The SMILES string of the molecule is CC1(C)C=C(c2cc3c(cn2)Oc2ccc(-c4cccnc4)cc2[C@@]32COC(N)=N2)CCO1. The number of aliphatic imine (C=N–C) groups is 1. The average molecular weight is 441 g/mol. The molecule has 3 aliphatic rings. The van der Waals surface area contributed by atoms with E-state index in [0.29, 0.717) is 19.0 Å². The molecule has 1 spiro atoms. The first-order valence-electron chi connectivity index (χ1n) is 11.0. The molecule has 1 aromatic carbocycles. The molecule has 0 unspecified atom stereocenters. The third kappa shape index (κ3) is 3.27. The Balaban J connectivity index is 1.52. The van der Waals surface area contributed by atoms with Gasteiger partial charge in [-0.3, -0.25) is 9.97 Å². The largest absolute Gasteiger partial charge is 0.462 e. The zero-order chi connectivity index (χ0) is 22.6. The van der Waals surface area contributed by atoms with Crippen LogP contribution >= 0.6 is 0 Å². The minimum atomic E-state index is -0.801. The van der Waals surface area contributed by atoms with Gasteiger partial charge in [0.2, 0.25) is 0 Å². The van der Waals surface area contributed by atoms with E-state index in [-0.39, 0.29) is 11.6 Å². The number of hydrogen-bond acceptors (Lipinski definition) is 7. The number of amidine groups is 1. The molecule has 7 nitrogen and oxygen atoms in total. The fourth-order valence-electron chi connectivity index (χ4n) is 4.81. The Bertz CT molecular complexity index is 1320. The summed E-state index contributed by atoms with van der Waals surface area (Å²) in [4.78, 5) is 13.8. The highest BCUT2D eigenvalue weighted by Gasteiger charge is 2.47. The number of benzene rings is 1. The molecule has 0 fully saturated rings. The van der Waals surface area contributed by atoms with Gasteiger partial charge in [0.05, 0.1) is 24.1 Å². The fraction of sp³-hybridized carbons (Fsp3) is 0.269. The Morgan fingerprint density at radius 3 is 2.64 bits per heavy atom. The maximum Gasteiger partial charge on any atom is 0.283 e. The predicted octanol–water partition coefficient (Wildman–Crippen LogP) is 4.42. The normalized spacial score (nSPS) is 22.5. The molecule has 0 bridgehead atoms. The van der Waals surface area contributed by atoms with Gasteiger partial charge >= 0.3 is 0 Å². The van der Waals surface area contributed by atoms with Crippen LogP contribution in [0.15, 0.2) is 66.1 Å². The van der Waals surface area contributed by atoms with Crippen molar-refractivity contribution in [3.05, 3.63) is 77.9 Å². The molecule has 5 heterocycles. The smallest absolute Gasteiger partial charge is 0.283 e. The quantitative estimate of drug-likeness (QED) is 0.634. The Hall–Kier alpha value is -3.71. The first-order valence-corrected chi connectivity index (χ1v) is 11.0. The molecule has 0 aliphatic carbocycles. The minimum absolute atomic E-state index is 0.172. The van der Waals surface area contributed by atoms with E-state index in [1.54, 1.807) is 12.4 Å². The van der Waals surface area contributed by atoms with Gasteiger partial charge in [-0.1, -0.05) is 12.1 Å². The summed E-state index contributed by atoms with van der Waals surface area (Å²) in [6.07, 6.45) is 8.32. The second kappa shape index (κ2) is 7.15. The molecule has 33 heavy (non-hydrogen) atoms. The second-order valence-electron chi connectivity index (χ2n) is 9.09. The summed E-state index contributed by atoms with van der Waals surface area (Å²) >= 11 is 0. The van der Waals surface area contributed by atoms with Gasteiger partial charge in [-0.2, -0.15) is 0 Å². The number of nitrogens with zero attached hydrogens (tertiary/aromatic N) is 3. The predicted molar refractivity (Wildman–Crippen MR) is 125 cm³/mol. The topological polar surface area (TPSA) is 91.9 Å². The maximum atomic E-state index is 6.29. The van der Waals surface area contributed by atoms with Gasteiger partial charge in [0.15, 0.2) is 11.3 Å². The molecule has 0 amide bonds. The van der Waals surface area contributed by atoms with Crippen LogP contribution < -0.4 is 10.5 Å². The lowest BCUT2D eigenvalue weighted by molar-refractivity contribution is 0.0164. The molecule has 1 atom stereocenters. The molecule has 0 radical (unpaired) electrons. The molecule has 3 aromatic rings. The number of rotatable bonds is 2. The molecular formula is C26H24N4O3. The summed E-state index contributed by atoms with van der Waals surface area (Å²) in [5.41, 5.74) is 10.8. The highest BCUT2D eigenvalue weighted by atomic mass is 16.5. The third-order valence-corrected chi connectivity index (χ3v) is 6.38. The second-order valence-corrected chi connectivity index (χ2v) is 9.09. The zero-order valence-electron chi connectivity index (χ0n) is 18.5. The third-order valence-electron chi connectivity index (χ3n) is 6.38. The average Bonchev–Trinajstić information content (AvgIpc) is 3.21. The first kappa shape index (κ1) is 19.9. The van der Waals surface area contributed by atoms with E-state index >= 15 is 0 Å². The standard InChI is InChI=1S/C26H24N4O3/c1-25(2)12-17(7-9-32-25)21-11-20-23(14-29-21)33-22-6-5-16(18-4-3-8-28-13-18)10-19(22)26(20)15-31-24(27)30-26/h3-6,8,10-14H,7,9,15H2,1-2H3,(H2,27,30)/t26-/m0/s1. The summed E-state index contributed by atoms with van der Waals surface area (Å²) in [5, 5.41) is 0. The van der Waals surface area contributed by atoms with E-state index in [9.17, 15) is 0 Å². The van der Waals surface area contributed by atoms with E-state index in [1.807, 2.05) is 30.5 Å². The van der Waals surface area contributed by atoms with Crippen LogP contribution in [0, 0.1) is 0 Å². The molecule has 3 aliphatic heterocycles. The van der Waals surface area contributed by atoms with Crippen molar-refractivity contribution in [1.29, 1.82) is 0 Å². The number of pyridine rings is 2. The molecular weight excluding hydrogens is 416 g/mol. The summed E-state index contributed by atoms with van der Waals surface area (Å²) in [6, 6.07) is 12.3. The summed E-state index contributed by atoms with van der Waals surface area (Å²) < 4.78 is 17.9. The summed E-state index contributed by atoms with van der Waals surface area (Å²) in [7, 11) is 0. The number of fused-ring (bicyclic) bond motifs is 4. The Morgan fingerprint density at radius 1 is 1.00 bits per heavy atom. The number of hydrogen-bond donors (Lipinski definition) is 1. The van der Waals surface area contributed by atoms with Crippen molar-refractivity contribution in [2.75, 3.05) is 13.2 Å². The van der Waals surface area contributed by atoms with Gasteiger partial charge in [0.25, 0.3) is 6.02 Å². The molecule has 0 saturated heterocycles. The Kier molecular flexibility index (Phi) is 4.32. The van der Waals surface area contributed by atoms with E-state index < -0.39 is 5.54 Å². The van der Waals surface area contributed by atoms with Crippen molar-refractivity contribution in [2.24, 2.45) is 10.7 Å². The first-order chi connectivity index (χ1) is 15.9. The van der Waals surface area contributed by atoms with Gasteiger partial charge in [0.1, 0.15) is 12.4 Å². The minimum Gasteiger partial charge on any atom is -0.462 e. The highest BCUT2D eigenvalue weighted by Crippen LogP contribution is 2.52. The van der Waals surface area contributed by atoms with Crippen molar-refractivity contribution < 1.29 is 14.2 Å². The lowest BCUT2D eigenvalue weighted by Crippen LogP contribution is -2.31. The van der Waals surface area contributed by atoms with Crippen molar-refractivity contribution in [1.82, 2.24) is 9.97 Å². The van der Waals surface area contributed by atoms with Crippen molar-refractivity contribution in [2.45, 2.75) is 31.4 Å². The molecule has 2 N–H and O–H groups in total. The number of ether oxygens (including phenoxy) is 3. The lowest BCUT2D eigenvalue weighted by Gasteiger charge is -2.34. The van der Waals surface area contributed by atoms with E-state index in [4.69, 9.17) is 29.9 Å². The van der Waals surface area contributed by atoms with E-state index in [2.05, 4.69) is 37.0 Å². The monoisotopic (exact) mass is 440 g/mol. The van der Waals surface area contributed by atoms with Crippen molar-refractivity contribution >= 4 is 11.6 Å². The molecule has 6 rings (SSSR count). The van der Waals surface area contributed by atoms with Gasteiger partial charge < -0.3 is 19.9 Å². The van der Waals surface area contributed by atoms with Crippen LogP contribution in [0.4, 0.5) is 0 Å². The van der Waals surface area contributed by atoms with Crippen LogP contribution in [0.5, 0.6) is 11.5 Å². The van der Waals surface area contributed by atoms with E-state index in [0.717, 1.165) is 45.7 Å². The van der Waals surface area contributed by atoms with Crippen LogP contribution in [0.25, 0.3) is 16.7 Å². The Labute approximate surface area is 192 Å². The van der Waals surface area contributed by atoms with E-state index in [1.165, 1.54) is 0 Å². The maximum absolute atomic E-state index is 6.29. The number of nitrogens with two attached hydrogens (primary N) is 1. The van der Waals surface area contributed by atoms with Gasteiger partial charge in [-0.25, -0.2) is 4.99 Å². The van der Waals surface area contributed by atoms with Crippen LogP contribution in [0.2, 0.25) is 0 Å². The number of aromatic nitrogens is 2. The van der Waals surface area contributed by atoms with Crippen LogP contribution in [0.1, 0.15) is 37.1 Å². The molecule has 2 aromatic heterocycles. The Morgan fingerprint density at radius 2 is 1.88 bits per heavy atom. The van der Waals surface area contributed by atoms with Gasteiger partial charge in [-0.15, -0.1) is 0 Å². The highest BCUT2D eigenvalue weighted by molar-refractivity contribution is 5.78. The molecule has 166 valence electrons. The summed E-state index contributed by atoms with van der Waals surface area (Å²) in [6.45, 7) is 5.07. The van der Waals surface area contributed by atoms with Crippen LogP contribution in [0.3, 0.4) is 0 Å². The van der Waals surface area contributed by atoms with Crippen LogP contribution in [-0.2, 0) is 15.0 Å². The van der Waals surface area contributed by atoms with Gasteiger partial charge in [-0.05, 0) is 61.7 Å².